The van der Waals surface area contributed by atoms with Crippen molar-refractivity contribution in [2.75, 3.05) is 46.0 Å². The zero-order valence-electron chi connectivity index (χ0n) is 15.8. The molecule has 0 aliphatic carbocycles. The number of ether oxygens (including phenoxy) is 2. The Bertz CT molecular complexity index is 849. The summed E-state index contributed by atoms with van der Waals surface area (Å²) >= 11 is 7.58. The molecule has 154 valence electrons. The number of sulfonamides is 1. The van der Waals surface area contributed by atoms with Gasteiger partial charge in [0.05, 0.1) is 22.4 Å². The van der Waals surface area contributed by atoms with E-state index in [-0.39, 0.29) is 4.90 Å². The molecular weight excluding hydrogens is 420 g/mol. The number of morpholine rings is 1. The highest BCUT2D eigenvalue weighted by atomic mass is 35.5. The number of halogens is 1. The molecule has 3 rings (SSSR count). The number of thiophene rings is 1. The predicted octanol–water partition coefficient (Wildman–Crippen LogP) is 3.32. The van der Waals surface area contributed by atoms with Gasteiger partial charge < -0.3 is 9.47 Å². The van der Waals surface area contributed by atoms with Gasteiger partial charge in [0.25, 0.3) is 0 Å². The van der Waals surface area contributed by atoms with Crippen molar-refractivity contribution in [1.82, 2.24) is 9.21 Å². The maximum atomic E-state index is 12.6. The van der Waals surface area contributed by atoms with E-state index in [4.69, 9.17) is 21.1 Å². The number of hydrogen-bond donors (Lipinski definition) is 0. The lowest BCUT2D eigenvalue weighted by molar-refractivity contribution is 0.0730. The summed E-state index contributed by atoms with van der Waals surface area (Å²) in [6, 6.07) is 10.6. The fourth-order valence-electron chi connectivity index (χ4n) is 2.94. The van der Waals surface area contributed by atoms with E-state index in [0.29, 0.717) is 38.7 Å². The Labute approximate surface area is 175 Å². The smallest absolute Gasteiger partial charge is 0.243 e. The summed E-state index contributed by atoms with van der Waals surface area (Å²) in [7, 11) is -3.47. The Kier molecular flexibility index (Phi) is 7.73. The number of nitrogens with zero attached hydrogens (tertiary/aromatic N) is 2. The SMILES string of the molecule is CCN(CCOc1ccc(S(=O)(=O)N2CCOCC2)cc1)Cc1ccc(Cl)s1. The molecule has 1 aliphatic heterocycles. The van der Waals surface area contributed by atoms with Crippen LogP contribution in [0.4, 0.5) is 0 Å². The van der Waals surface area contributed by atoms with Crippen molar-refractivity contribution >= 4 is 33.0 Å². The third-order valence-corrected chi connectivity index (χ3v) is 7.69. The standard InChI is InChI=1S/C19H25ClN2O4S2/c1-2-21(15-17-5-8-19(20)27-17)9-14-26-16-3-6-18(7-4-16)28(23,24)22-10-12-25-13-11-22/h3-8H,2,9-15H2,1H3. The fraction of sp³-hybridized carbons (Fsp3) is 0.474. The lowest BCUT2D eigenvalue weighted by Gasteiger charge is -2.26. The maximum absolute atomic E-state index is 12.6. The van der Waals surface area contributed by atoms with Gasteiger partial charge in [0.2, 0.25) is 10.0 Å². The van der Waals surface area contributed by atoms with Crippen LogP contribution < -0.4 is 4.74 Å². The highest BCUT2D eigenvalue weighted by Gasteiger charge is 2.26. The molecule has 2 aromatic rings. The van der Waals surface area contributed by atoms with Crippen LogP contribution in [-0.2, 0) is 21.3 Å². The van der Waals surface area contributed by atoms with Crippen LogP contribution in [0.2, 0.25) is 4.34 Å². The minimum atomic E-state index is -3.47. The van der Waals surface area contributed by atoms with Crippen molar-refractivity contribution in [2.24, 2.45) is 0 Å². The second-order valence-electron chi connectivity index (χ2n) is 6.41. The van der Waals surface area contributed by atoms with E-state index in [0.717, 1.165) is 24.0 Å². The van der Waals surface area contributed by atoms with Gasteiger partial charge in [0, 0.05) is 31.1 Å². The van der Waals surface area contributed by atoms with Crippen molar-refractivity contribution in [3.05, 3.63) is 45.6 Å². The molecule has 0 bridgehead atoms. The van der Waals surface area contributed by atoms with Gasteiger partial charge in [-0.2, -0.15) is 4.31 Å². The summed E-state index contributed by atoms with van der Waals surface area (Å²) in [5, 5.41) is 0. The van der Waals surface area contributed by atoms with E-state index in [1.807, 2.05) is 12.1 Å². The minimum Gasteiger partial charge on any atom is -0.492 e. The highest BCUT2D eigenvalue weighted by Crippen LogP contribution is 2.23. The number of hydrogen-bond acceptors (Lipinski definition) is 6. The topological polar surface area (TPSA) is 59.1 Å². The normalized spacial score (nSPS) is 15.8. The zero-order valence-corrected chi connectivity index (χ0v) is 18.2. The lowest BCUT2D eigenvalue weighted by atomic mass is 10.3. The molecule has 6 nitrogen and oxygen atoms in total. The Morgan fingerprint density at radius 1 is 1.18 bits per heavy atom. The quantitative estimate of drug-likeness (QED) is 0.593. The number of likely N-dealkylation sites (N-methyl/N-ethyl adjacent to an activating group) is 1. The fourth-order valence-corrected chi connectivity index (χ4v) is 5.48. The van der Waals surface area contributed by atoms with Gasteiger partial charge in [-0.3, -0.25) is 4.90 Å². The summed E-state index contributed by atoms with van der Waals surface area (Å²) < 4.78 is 38.5. The summed E-state index contributed by atoms with van der Waals surface area (Å²) in [4.78, 5) is 3.79. The molecule has 0 amide bonds. The van der Waals surface area contributed by atoms with Crippen molar-refractivity contribution in [2.45, 2.75) is 18.4 Å². The van der Waals surface area contributed by atoms with Crippen LogP contribution in [-0.4, -0.2) is 63.6 Å². The molecule has 0 saturated carbocycles. The Morgan fingerprint density at radius 2 is 1.89 bits per heavy atom. The van der Waals surface area contributed by atoms with E-state index < -0.39 is 10.0 Å². The first-order chi connectivity index (χ1) is 13.5. The van der Waals surface area contributed by atoms with Crippen molar-refractivity contribution < 1.29 is 17.9 Å². The second kappa shape index (κ2) is 10.0. The molecule has 0 radical (unpaired) electrons. The molecule has 0 spiro atoms. The number of benzene rings is 1. The summed E-state index contributed by atoms with van der Waals surface area (Å²) in [6.45, 7) is 6.83. The third kappa shape index (κ3) is 5.68. The van der Waals surface area contributed by atoms with Gasteiger partial charge in [-0.15, -0.1) is 11.3 Å². The van der Waals surface area contributed by atoms with Crippen LogP contribution in [0.25, 0.3) is 0 Å². The molecule has 28 heavy (non-hydrogen) atoms. The summed E-state index contributed by atoms with van der Waals surface area (Å²) in [5.41, 5.74) is 0. The Balaban J connectivity index is 1.51. The zero-order chi connectivity index (χ0) is 20.0. The first-order valence-corrected chi connectivity index (χ1v) is 11.9. The molecule has 1 fully saturated rings. The minimum absolute atomic E-state index is 0.284. The summed E-state index contributed by atoms with van der Waals surface area (Å²) in [5.74, 6) is 0.663. The third-order valence-electron chi connectivity index (χ3n) is 4.56. The summed E-state index contributed by atoms with van der Waals surface area (Å²) in [6.07, 6.45) is 0. The molecule has 0 unspecified atom stereocenters. The first kappa shape index (κ1) is 21.5. The average molecular weight is 445 g/mol. The van der Waals surface area contributed by atoms with Gasteiger partial charge >= 0.3 is 0 Å². The molecule has 0 N–H and O–H groups in total. The largest absolute Gasteiger partial charge is 0.492 e. The van der Waals surface area contributed by atoms with Crippen LogP contribution in [0, 0.1) is 0 Å². The van der Waals surface area contributed by atoms with Gasteiger partial charge in [0.1, 0.15) is 12.4 Å². The second-order valence-corrected chi connectivity index (χ2v) is 10.1. The van der Waals surface area contributed by atoms with Crippen LogP contribution in [0.3, 0.4) is 0 Å². The molecule has 0 atom stereocenters. The monoisotopic (exact) mass is 444 g/mol. The van der Waals surface area contributed by atoms with Crippen molar-refractivity contribution in [1.29, 1.82) is 0 Å². The van der Waals surface area contributed by atoms with E-state index in [9.17, 15) is 8.42 Å². The van der Waals surface area contributed by atoms with Gasteiger partial charge in [-0.1, -0.05) is 18.5 Å². The van der Waals surface area contributed by atoms with E-state index >= 15 is 0 Å². The predicted molar refractivity (Wildman–Crippen MR) is 112 cm³/mol. The van der Waals surface area contributed by atoms with Crippen molar-refractivity contribution in [3.63, 3.8) is 0 Å². The molecule has 2 heterocycles. The van der Waals surface area contributed by atoms with E-state index in [1.54, 1.807) is 35.6 Å². The molecule has 1 aromatic heterocycles. The van der Waals surface area contributed by atoms with Gasteiger partial charge in [0.15, 0.2) is 0 Å². The maximum Gasteiger partial charge on any atom is 0.243 e. The highest BCUT2D eigenvalue weighted by molar-refractivity contribution is 7.89. The van der Waals surface area contributed by atoms with Crippen molar-refractivity contribution in [3.8, 4) is 5.75 Å². The number of rotatable bonds is 9. The van der Waals surface area contributed by atoms with Crippen LogP contribution in [0.15, 0.2) is 41.3 Å². The van der Waals surface area contributed by atoms with Crippen LogP contribution >= 0.6 is 22.9 Å². The van der Waals surface area contributed by atoms with E-state index in [2.05, 4.69) is 11.8 Å². The molecular formula is C19H25ClN2O4S2. The molecule has 9 heteroatoms. The van der Waals surface area contributed by atoms with E-state index in [1.165, 1.54) is 9.18 Å². The first-order valence-electron chi connectivity index (χ1n) is 9.26. The average Bonchev–Trinajstić information content (AvgIpc) is 3.13. The lowest BCUT2D eigenvalue weighted by Crippen LogP contribution is -2.40. The van der Waals surface area contributed by atoms with Crippen LogP contribution in [0.1, 0.15) is 11.8 Å². The molecule has 1 aromatic carbocycles. The molecule has 1 aliphatic rings. The molecule has 1 saturated heterocycles. The van der Waals surface area contributed by atoms with Gasteiger partial charge in [-0.05, 0) is 42.9 Å². The van der Waals surface area contributed by atoms with Crippen LogP contribution in [0.5, 0.6) is 5.75 Å². The Hall–Kier alpha value is -1.16. The Morgan fingerprint density at radius 3 is 2.50 bits per heavy atom. The van der Waals surface area contributed by atoms with Gasteiger partial charge in [-0.25, -0.2) is 8.42 Å².